The lowest BCUT2D eigenvalue weighted by molar-refractivity contribution is -0.126. The quantitative estimate of drug-likeness (QED) is 0.811. The summed E-state index contributed by atoms with van der Waals surface area (Å²) >= 11 is 0. The first-order valence-corrected chi connectivity index (χ1v) is 9.01. The molecule has 0 saturated heterocycles. The molecule has 1 aliphatic heterocycles. The van der Waals surface area contributed by atoms with Crippen LogP contribution < -0.4 is 24.3 Å². The molecule has 0 spiro atoms. The predicted octanol–water partition coefficient (Wildman–Crippen LogP) is 2.97. The molecule has 0 unspecified atom stereocenters. The Balaban J connectivity index is 1.62. The van der Waals surface area contributed by atoms with Gasteiger partial charge in [0.1, 0.15) is 18.1 Å². The van der Waals surface area contributed by atoms with Crippen LogP contribution in [0.2, 0.25) is 0 Å². The first kappa shape index (κ1) is 18.9. The fourth-order valence-electron chi connectivity index (χ4n) is 3.10. The molecule has 0 fully saturated rings. The molecule has 6 nitrogen and oxygen atoms in total. The number of nitrogens with one attached hydrogen (secondary N) is 1. The number of hydrogen-bond acceptors (Lipinski definition) is 5. The van der Waals surface area contributed by atoms with Crippen LogP contribution in [0.25, 0.3) is 0 Å². The van der Waals surface area contributed by atoms with Gasteiger partial charge in [0.05, 0.1) is 26.7 Å². The second-order valence-electron chi connectivity index (χ2n) is 6.32. The van der Waals surface area contributed by atoms with E-state index in [9.17, 15) is 4.79 Å². The van der Waals surface area contributed by atoms with Crippen molar-refractivity contribution in [2.24, 2.45) is 5.92 Å². The third-order valence-electron chi connectivity index (χ3n) is 4.54. The van der Waals surface area contributed by atoms with E-state index in [1.54, 1.807) is 14.2 Å². The summed E-state index contributed by atoms with van der Waals surface area (Å²) in [6, 6.07) is 11.3. The van der Waals surface area contributed by atoms with Crippen LogP contribution >= 0.6 is 0 Å². The average molecular weight is 371 g/mol. The van der Waals surface area contributed by atoms with Gasteiger partial charge >= 0.3 is 0 Å². The van der Waals surface area contributed by atoms with Crippen molar-refractivity contribution in [3.8, 4) is 23.0 Å². The van der Waals surface area contributed by atoms with Gasteiger partial charge in [0, 0.05) is 6.54 Å². The molecule has 27 heavy (non-hydrogen) atoms. The van der Waals surface area contributed by atoms with Crippen molar-refractivity contribution in [1.29, 1.82) is 0 Å². The molecule has 144 valence electrons. The summed E-state index contributed by atoms with van der Waals surface area (Å²) in [5.41, 5.74) is 1.94. The van der Waals surface area contributed by atoms with Gasteiger partial charge in [-0.15, -0.1) is 0 Å². The summed E-state index contributed by atoms with van der Waals surface area (Å²) < 4.78 is 21.9. The van der Waals surface area contributed by atoms with Gasteiger partial charge in [-0.3, -0.25) is 4.79 Å². The van der Waals surface area contributed by atoms with Gasteiger partial charge in [0.15, 0.2) is 11.5 Å². The van der Waals surface area contributed by atoms with Crippen LogP contribution in [-0.2, 0) is 17.8 Å². The highest BCUT2D eigenvalue weighted by Gasteiger charge is 2.26. The standard InChI is InChI=1S/C21H25NO5/c1-4-26-20-9-14(5-7-19(20)25-3)12-22-21(23)16-10-15-11-17(24-2)6-8-18(15)27-13-16/h5-9,11,16H,4,10,12-13H2,1-3H3,(H,22,23)/t16-/m1/s1. The fraction of sp³-hybridized carbons (Fsp3) is 0.381. The van der Waals surface area contributed by atoms with E-state index in [0.717, 1.165) is 22.6 Å². The zero-order chi connectivity index (χ0) is 19.2. The smallest absolute Gasteiger partial charge is 0.227 e. The zero-order valence-electron chi connectivity index (χ0n) is 15.9. The lowest BCUT2D eigenvalue weighted by atomic mass is 9.95. The molecule has 0 aliphatic carbocycles. The zero-order valence-corrected chi connectivity index (χ0v) is 15.9. The Morgan fingerprint density at radius 3 is 2.74 bits per heavy atom. The summed E-state index contributed by atoms with van der Waals surface area (Å²) in [7, 11) is 3.23. The van der Waals surface area contributed by atoms with Gasteiger partial charge in [0.25, 0.3) is 0 Å². The second kappa shape index (κ2) is 8.66. The van der Waals surface area contributed by atoms with Crippen molar-refractivity contribution in [1.82, 2.24) is 5.32 Å². The molecule has 3 rings (SSSR count). The molecule has 0 aromatic heterocycles. The lowest BCUT2D eigenvalue weighted by Gasteiger charge is -2.25. The van der Waals surface area contributed by atoms with Crippen LogP contribution in [0.5, 0.6) is 23.0 Å². The number of hydrogen-bond donors (Lipinski definition) is 1. The Morgan fingerprint density at radius 2 is 2.00 bits per heavy atom. The maximum atomic E-state index is 12.6. The number of amides is 1. The Kier molecular flexibility index (Phi) is 6.06. The summed E-state index contributed by atoms with van der Waals surface area (Å²) in [5, 5.41) is 2.99. The normalized spacial score (nSPS) is 15.3. The molecule has 0 saturated carbocycles. The number of benzene rings is 2. The van der Waals surface area contributed by atoms with Crippen molar-refractivity contribution < 1.29 is 23.7 Å². The molecule has 6 heteroatoms. The van der Waals surface area contributed by atoms with E-state index in [0.29, 0.717) is 37.7 Å². The van der Waals surface area contributed by atoms with Crippen LogP contribution in [0, 0.1) is 5.92 Å². The van der Waals surface area contributed by atoms with Crippen LogP contribution in [0.1, 0.15) is 18.1 Å². The van der Waals surface area contributed by atoms with E-state index in [2.05, 4.69) is 5.32 Å². The highest BCUT2D eigenvalue weighted by atomic mass is 16.5. The van der Waals surface area contributed by atoms with Gasteiger partial charge in [-0.2, -0.15) is 0 Å². The number of carbonyl (C=O) groups excluding carboxylic acids is 1. The average Bonchev–Trinajstić information content (AvgIpc) is 2.71. The van der Waals surface area contributed by atoms with E-state index >= 15 is 0 Å². The van der Waals surface area contributed by atoms with Crippen LogP contribution in [0.3, 0.4) is 0 Å². The minimum atomic E-state index is -0.228. The molecular weight excluding hydrogens is 346 g/mol. The van der Waals surface area contributed by atoms with Gasteiger partial charge in [-0.1, -0.05) is 6.07 Å². The topological polar surface area (TPSA) is 66.0 Å². The molecule has 2 aromatic rings. The van der Waals surface area contributed by atoms with Crippen LogP contribution in [-0.4, -0.2) is 33.3 Å². The molecule has 0 radical (unpaired) electrons. The molecule has 1 N–H and O–H groups in total. The highest BCUT2D eigenvalue weighted by Crippen LogP contribution is 2.31. The van der Waals surface area contributed by atoms with Crippen molar-refractivity contribution in [3.63, 3.8) is 0 Å². The maximum absolute atomic E-state index is 12.6. The van der Waals surface area contributed by atoms with E-state index in [1.807, 2.05) is 43.3 Å². The van der Waals surface area contributed by atoms with Crippen molar-refractivity contribution in [2.75, 3.05) is 27.4 Å². The maximum Gasteiger partial charge on any atom is 0.227 e. The van der Waals surface area contributed by atoms with Crippen LogP contribution in [0.15, 0.2) is 36.4 Å². The van der Waals surface area contributed by atoms with E-state index < -0.39 is 0 Å². The Bertz CT molecular complexity index is 805. The van der Waals surface area contributed by atoms with Crippen molar-refractivity contribution in [3.05, 3.63) is 47.5 Å². The van der Waals surface area contributed by atoms with E-state index in [-0.39, 0.29) is 11.8 Å². The SMILES string of the molecule is CCOc1cc(CNC(=O)[C@H]2COc3ccc(OC)cc3C2)ccc1OC. The number of carbonyl (C=O) groups is 1. The minimum absolute atomic E-state index is 0.0303. The molecular formula is C21H25NO5. The van der Waals surface area contributed by atoms with Gasteiger partial charge in [-0.05, 0) is 54.8 Å². The largest absolute Gasteiger partial charge is 0.497 e. The Morgan fingerprint density at radius 1 is 1.15 bits per heavy atom. The van der Waals surface area contributed by atoms with Crippen molar-refractivity contribution >= 4 is 5.91 Å². The van der Waals surface area contributed by atoms with Gasteiger partial charge < -0.3 is 24.3 Å². The lowest BCUT2D eigenvalue weighted by Crippen LogP contribution is -2.37. The predicted molar refractivity (Wildman–Crippen MR) is 102 cm³/mol. The monoisotopic (exact) mass is 371 g/mol. The number of fused-ring (bicyclic) bond motifs is 1. The molecule has 2 aromatic carbocycles. The number of rotatable bonds is 7. The first-order valence-electron chi connectivity index (χ1n) is 9.01. The highest BCUT2D eigenvalue weighted by molar-refractivity contribution is 5.79. The summed E-state index contributed by atoms with van der Waals surface area (Å²) in [6.45, 7) is 3.26. The molecule has 1 aliphatic rings. The Labute approximate surface area is 159 Å². The molecule has 1 amide bonds. The van der Waals surface area contributed by atoms with E-state index in [1.165, 1.54) is 0 Å². The summed E-state index contributed by atoms with van der Waals surface area (Å²) in [4.78, 5) is 12.6. The first-order chi connectivity index (χ1) is 13.1. The summed E-state index contributed by atoms with van der Waals surface area (Å²) in [6.07, 6.45) is 0.630. The third kappa shape index (κ3) is 4.45. The molecule has 1 heterocycles. The molecule has 0 bridgehead atoms. The Hall–Kier alpha value is -2.89. The molecule has 1 atom stereocenters. The van der Waals surface area contributed by atoms with Crippen LogP contribution in [0.4, 0.5) is 0 Å². The minimum Gasteiger partial charge on any atom is -0.497 e. The second-order valence-corrected chi connectivity index (χ2v) is 6.32. The summed E-state index contributed by atoms with van der Waals surface area (Å²) in [5.74, 6) is 2.68. The fourth-order valence-corrected chi connectivity index (χ4v) is 3.10. The van der Waals surface area contributed by atoms with Gasteiger partial charge in [0.2, 0.25) is 5.91 Å². The van der Waals surface area contributed by atoms with Gasteiger partial charge in [-0.25, -0.2) is 0 Å². The number of ether oxygens (including phenoxy) is 4. The van der Waals surface area contributed by atoms with E-state index in [4.69, 9.17) is 18.9 Å². The van der Waals surface area contributed by atoms with Crippen molar-refractivity contribution in [2.45, 2.75) is 19.9 Å². The number of methoxy groups -OCH3 is 2. The third-order valence-corrected chi connectivity index (χ3v) is 4.54.